The molecule has 0 aliphatic heterocycles. The Morgan fingerprint density at radius 1 is 1.47 bits per heavy atom. The molecule has 1 heterocycles. The van der Waals surface area contributed by atoms with Crippen molar-refractivity contribution in [2.45, 2.75) is 49.9 Å². The Bertz CT molecular complexity index is 390. The molecular weight excluding hydrogens is 240 g/mol. The summed E-state index contributed by atoms with van der Waals surface area (Å²) in [5.41, 5.74) is 0. The van der Waals surface area contributed by atoms with E-state index in [9.17, 15) is 4.79 Å². The quantitative estimate of drug-likeness (QED) is 0.592. The summed E-state index contributed by atoms with van der Waals surface area (Å²) in [7, 11) is 0. The van der Waals surface area contributed by atoms with Gasteiger partial charge in [0.05, 0.1) is 0 Å². The highest BCUT2D eigenvalue weighted by atomic mass is 32.2. The molecule has 0 aliphatic rings. The van der Waals surface area contributed by atoms with Crippen molar-refractivity contribution in [2.24, 2.45) is 0 Å². The molecule has 1 aromatic rings. The van der Waals surface area contributed by atoms with Gasteiger partial charge in [0.1, 0.15) is 5.25 Å². The summed E-state index contributed by atoms with van der Waals surface area (Å²) in [6.07, 6.45) is 1.87. The van der Waals surface area contributed by atoms with Crippen molar-refractivity contribution in [2.75, 3.05) is 5.84 Å². The van der Waals surface area contributed by atoms with Crippen molar-refractivity contribution in [3.05, 3.63) is 5.82 Å². The average Bonchev–Trinajstić information content (AvgIpc) is 2.63. The molecule has 0 aliphatic carbocycles. The molecule has 1 aromatic heterocycles. The lowest BCUT2D eigenvalue weighted by molar-refractivity contribution is -0.136. The third kappa shape index (κ3) is 3.12. The predicted octanol–water partition coefficient (Wildman–Crippen LogP) is 1.46. The third-order valence-corrected chi connectivity index (χ3v) is 3.72. The Hall–Kier alpha value is -1.24. The average molecular weight is 258 g/mol. The summed E-state index contributed by atoms with van der Waals surface area (Å²) in [4.78, 5) is 10.7. The Morgan fingerprint density at radius 3 is 2.53 bits per heavy atom. The first-order valence-corrected chi connectivity index (χ1v) is 6.49. The number of aliphatic carboxylic acids is 1. The lowest BCUT2D eigenvalue weighted by atomic mass is 10.0. The Labute approximate surface area is 105 Å². The number of carbonyl (C=O) groups is 1. The Kier molecular flexibility index (Phi) is 4.80. The monoisotopic (exact) mass is 258 g/mol. The highest BCUT2D eigenvalue weighted by Gasteiger charge is 2.21. The number of thioether (sulfide) groups is 1. The first-order valence-electron chi connectivity index (χ1n) is 5.61. The molecule has 0 spiro atoms. The van der Waals surface area contributed by atoms with Crippen LogP contribution in [-0.2, 0) is 4.79 Å². The smallest absolute Gasteiger partial charge is 0.316 e. The molecule has 1 unspecified atom stereocenters. The Balaban J connectivity index is 2.87. The van der Waals surface area contributed by atoms with Gasteiger partial charge in [0.2, 0.25) is 5.16 Å². The van der Waals surface area contributed by atoms with E-state index in [1.807, 2.05) is 0 Å². The SMILES string of the molecule is CCC(CC)c1nnc(SC(C)C(=O)O)n1N. The number of hydrogen-bond donors (Lipinski definition) is 2. The van der Waals surface area contributed by atoms with Gasteiger partial charge in [0.25, 0.3) is 0 Å². The minimum absolute atomic E-state index is 0.266. The molecule has 17 heavy (non-hydrogen) atoms. The van der Waals surface area contributed by atoms with E-state index < -0.39 is 11.2 Å². The van der Waals surface area contributed by atoms with Crippen LogP contribution >= 0.6 is 11.8 Å². The van der Waals surface area contributed by atoms with Gasteiger partial charge in [-0.3, -0.25) is 4.79 Å². The number of carboxylic acid groups (broad SMARTS) is 1. The maximum Gasteiger partial charge on any atom is 0.316 e. The van der Waals surface area contributed by atoms with Gasteiger partial charge in [-0.2, -0.15) is 0 Å². The van der Waals surface area contributed by atoms with Gasteiger partial charge in [-0.15, -0.1) is 10.2 Å². The molecular formula is C10H18N4O2S. The highest BCUT2D eigenvalue weighted by Crippen LogP contribution is 2.25. The van der Waals surface area contributed by atoms with Crippen LogP contribution in [0.15, 0.2) is 5.16 Å². The zero-order valence-corrected chi connectivity index (χ0v) is 11.1. The van der Waals surface area contributed by atoms with Crippen LogP contribution in [0.2, 0.25) is 0 Å². The van der Waals surface area contributed by atoms with E-state index in [1.165, 1.54) is 4.68 Å². The van der Waals surface area contributed by atoms with Crippen LogP contribution in [0, 0.1) is 0 Å². The lowest BCUT2D eigenvalue weighted by Crippen LogP contribution is -2.19. The van der Waals surface area contributed by atoms with Crippen molar-refractivity contribution in [1.82, 2.24) is 14.9 Å². The van der Waals surface area contributed by atoms with E-state index in [0.29, 0.717) is 5.16 Å². The topological polar surface area (TPSA) is 94.0 Å². The summed E-state index contributed by atoms with van der Waals surface area (Å²) in [6, 6.07) is 0. The van der Waals surface area contributed by atoms with E-state index in [4.69, 9.17) is 10.9 Å². The van der Waals surface area contributed by atoms with E-state index >= 15 is 0 Å². The predicted molar refractivity (Wildman–Crippen MR) is 66.5 cm³/mol. The van der Waals surface area contributed by atoms with Crippen molar-refractivity contribution in [1.29, 1.82) is 0 Å². The highest BCUT2D eigenvalue weighted by molar-refractivity contribution is 8.00. The second kappa shape index (κ2) is 5.90. The second-order valence-electron chi connectivity index (χ2n) is 3.82. The number of carboxylic acids is 1. The number of nitrogens with zero attached hydrogens (tertiary/aromatic N) is 3. The minimum Gasteiger partial charge on any atom is -0.480 e. The van der Waals surface area contributed by atoms with Crippen LogP contribution in [0.1, 0.15) is 45.4 Å². The molecule has 0 fully saturated rings. The number of aromatic nitrogens is 3. The molecule has 96 valence electrons. The van der Waals surface area contributed by atoms with Crippen molar-refractivity contribution >= 4 is 17.7 Å². The van der Waals surface area contributed by atoms with Crippen molar-refractivity contribution in [3.63, 3.8) is 0 Å². The van der Waals surface area contributed by atoms with Gasteiger partial charge in [-0.25, -0.2) is 4.68 Å². The summed E-state index contributed by atoms with van der Waals surface area (Å²) >= 11 is 1.10. The van der Waals surface area contributed by atoms with Crippen molar-refractivity contribution in [3.8, 4) is 0 Å². The fraction of sp³-hybridized carbons (Fsp3) is 0.700. The molecule has 0 saturated carbocycles. The molecule has 1 atom stereocenters. The first kappa shape index (κ1) is 13.8. The third-order valence-electron chi connectivity index (χ3n) is 2.67. The molecule has 0 bridgehead atoms. The molecule has 0 saturated heterocycles. The number of rotatable bonds is 6. The van der Waals surface area contributed by atoms with Crippen LogP contribution in [-0.4, -0.2) is 31.2 Å². The van der Waals surface area contributed by atoms with E-state index in [2.05, 4.69) is 24.0 Å². The maximum atomic E-state index is 10.7. The van der Waals surface area contributed by atoms with Gasteiger partial charge in [0, 0.05) is 5.92 Å². The molecule has 6 nitrogen and oxygen atoms in total. The number of nitrogens with two attached hydrogens (primary N) is 1. The van der Waals surface area contributed by atoms with Gasteiger partial charge in [0.15, 0.2) is 5.82 Å². The van der Waals surface area contributed by atoms with E-state index in [0.717, 1.165) is 30.4 Å². The van der Waals surface area contributed by atoms with Gasteiger partial charge in [-0.05, 0) is 19.8 Å². The normalized spacial score (nSPS) is 12.9. The molecule has 7 heteroatoms. The molecule has 0 amide bonds. The number of nitrogen functional groups attached to an aromatic ring is 1. The molecule has 3 N–H and O–H groups in total. The van der Waals surface area contributed by atoms with Crippen LogP contribution in [0.4, 0.5) is 0 Å². The van der Waals surface area contributed by atoms with E-state index in [-0.39, 0.29) is 5.92 Å². The van der Waals surface area contributed by atoms with Gasteiger partial charge < -0.3 is 10.9 Å². The van der Waals surface area contributed by atoms with Crippen LogP contribution in [0.3, 0.4) is 0 Å². The standard InChI is InChI=1S/C10H18N4O2S/c1-4-7(5-2)8-12-13-10(14(8)11)17-6(3)9(15)16/h6-7H,4-5,11H2,1-3H3,(H,15,16). The zero-order chi connectivity index (χ0) is 13.0. The second-order valence-corrected chi connectivity index (χ2v) is 5.13. The number of hydrogen-bond acceptors (Lipinski definition) is 5. The summed E-state index contributed by atoms with van der Waals surface area (Å²) in [5, 5.41) is 16.7. The first-order chi connectivity index (χ1) is 8.01. The van der Waals surface area contributed by atoms with E-state index in [1.54, 1.807) is 6.92 Å². The maximum absolute atomic E-state index is 10.7. The van der Waals surface area contributed by atoms with Gasteiger partial charge >= 0.3 is 5.97 Å². The van der Waals surface area contributed by atoms with Crippen LogP contribution in [0.25, 0.3) is 0 Å². The fourth-order valence-corrected chi connectivity index (χ4v) is 2.22. The summed E-state index contributed by atoms with van der Waals surface area (Å²) < 4.78 is 1.40. The van der Waals surface area contributed by atoms with Crippen molar-refractivity contribution < 1.29 is 9.90 Å². The summed E-state index contributed by atoms with van der Waals surface area (Å²) in [6.45, 7) is 5.73. The van der Waals surface area contributed by atoms with Gasteiger partial charge in [-0.1, -0.05) is 25.6 Å². The Morgan fingerprint density at radius 2 is 2.06 bits per heavy atom. The molecule has 1 rings (SSSR count). The largest absolute Gasteiger partial charge is 0.480 e. The fourth-order valence-electron chi connectivity index (χ4n) is 1.51. The van der Waals surface area contributed by atoms with Crippen LogP contribution < -0.4 is 5.84 Å². The molecule has 0 radical (unpaired) electrons. The zero-order valence-electron chi connectivity index (χ0n) is 10.3. The summed E-state index contributed by atoms with van der Waals surface area (Å²) in [5.74, 6) is 5.98. The minimum atomic E-state index is -0.887. The lowest BCUT2D eigenvalue weighted by Gasteiger charge is -2.11. The van der Waals surface area contributed by atoms with Crippen LogP contribution in [0.5, 0.6) is 0 Å². The molecule has 0 aromatic carbocycles.